The predicted octanol–water partition coefficient (Wildman–Crippen LogP) is 5.99. The van der Waals surface area contributed by atoms with E-state index in [0.717, 1.165) is 38.5 Å². The maximum absolute atomic E-state index is 11.9. The molecule has 0 aromatic rings. The molecule has 0 saturated carbocycles. The van der Waals surface area contributed by atoms with Crippen LogP contribution in [0.5, 0.6) is 0 Å². The normalized spacial score (nSPS) is 13.4. The van der Waals surface area contributed by atoms with Crippen LogP contribution in [0, 0.1) is 5.92 Å². The topological polar surface area (TPSA) is 26.3 Å². The molecule has 0 aromatic carbocycles. The number of carbonyl (C=O) groups is 1. The van der Waals surface area contributed by atoms with E-state index in [1.54, 1.807) is 0 Å². The lowest BCUT2D eigenvalue weighted by atomic mass is 10.9. The standard InChI is InChI=1S/C20H34O2/c1-4-7-9-10-11-12-13-14-16-18-19(17-15-8-5-2)20(21)22-6-3/h7,9,11-12,14,16,19H,4-6,8,10,13,15,17-18H2,1-3H3/b9-7-,12-11-,16-14-/i1+1,2+1,4+1,5+1,7+1,8+1,9+1,10+1,11+1,12+1,13+1,14+1,15+1,16+1,17+1,18+1,19+1,20+1. The summed E-state index contributed by atoms with van der Waals surface area (Å²) >= 11 is 0. The highest BCUT2D eigenvalue weighted by molar-refractivity contribution is 5.72. The molecule has 0 fully saturated rings. The van der Waals surface area contributed by atoms with Crippen LogP contribution in [0.1, 0.15) is 72.1 Å². The summed E-state index contributed by atoms with van der Waals surface area (Å²) in [5.41, 5.74) is 0. The van der Waals surface area contributed by atoms with Crippen molar-refractivity contribution in [3.05, 3.63) is 36.5 Å². The van der Waals surface area contributed by atoms with E-state index in [-0.39, 0.29) is 11.9 Å². The average Bonchev–Trinajstić information content (AvgIpc) is 2.52. The van der Waals surface area contributed by atoms with Crippen LogP contribution in [0.15, 0.2) is 36.5 Å². The quantitative estimate of drug-likeness (QED) is 0.180. The van der Waals surface area contributed by atoms with Gasteiger partial charge in [-0.05, 0) is 39.0 Å². The van der Waals surface area contributed by atoms with Gasteiger partial charge >= 0.3 is 5.97 Å². The van der Waals surface area contributed by atoms with Gasteiger partial charge in [0, 0.05) is 0 Å². The summed E-state index contributed by atoms with van der Waals surface area (Å²) in [7, 11) is 0. The molecule has 2 nitrogen and oxygen atoms in total. The molecule has 0 radical (unpaired) electrons. The zero-order valence-electron chi connectivity index (χ0n) is 14.7. The van der Waals surface area contributed by atoms with Crippen LogP contribution in [-0.4, -0.2) is 12.6 Å². The van der Waals surface area contributed by atoms with E-state index in [1.807, 2.05) is 6.92 Å². The lowest BCUT2D eigenvalue weighted by Gasteiger charge is -2.13. The van der Waals surface area contributed by atoms with Crippen molar-refractivity contribution < 1.29 is 9.53 Å². The van der Waals surface area contributed by atoms with Gasteiger partial charge in [-0.1, -0.05) is 69.6 Å². The summed E-state index contributed by atoms with van der Waals surface area (Å²) < 4.78 is 5.17. The Morgan fingerprint density at radius 3 is 2.14 bits per heavy atom. The van der Waals surface area contributed by atoms with Crippen molar-refractivity contribution >= 4 is 5.97 Å². The Bertz CT molecular complexity index is 340. The second-order valence-corrected chi connectivity index (χ2v) is 5.47. The third-order valence-corrected chi connectivity index (χ3v) is 3.48. The molecule has 2 heteroatoms. The molecule has 1 unspecified atom stereocenters. The van der Waals surface area contributed by atoms with E-state index in [2.05, 4.69) is 50.3 Å². The first-order valence-corrected chi connectivity index (χ1v) is 8.87. The highest BCUT2D eigenvalue weighted by Crippen LogP contribution is 2.16. The molecular weight excluding hydrogens is 290 g/mol. The third-order valence-electron chi connectivity index (χ3n) is 3.48. The summed E-state index contributed by atoms with van der Waals surface area (Å²) in [5.74, 6) is -0.0114. The number of hydrogen-bond acceptors (Lipinski definition) is 2. The second-order valence-electron chi connectivity index (χ2n) is 5.47. The van der Waals surface area contributed by atoms with E-state index in [9.17, 15) is 4.79 Å². The molecule has 22 heavy (non-hydrogen) atoms. The highest BCUT2D eigenvalue weighted by Gasteiger charge is 2.17. The first-order valence-electron chi connectivity index (χ1n) is 8.87. The number of rotatable bonds is 13. The minimum Gasteiger partial charge on any atom is -0.466 e. The maximum atomic E-state index is 11.9. The number of esters is 1. The molecule has 0 spiro atoms. The Balaban J connectivity index is 4.05. The second kappa shape index (κ2) is 16.1. The fourth-order valence-corrected chi connectivity index (χ4v) is 2.20. The van der Waals surface area contributed by atoms with Crippen LogP contribution >= 0.6 is 0 Å². The first kappa shape index (κ1) is 20.7. The van der Waals surface area contributed by atoms with Crippen molar-refractivity contribution in [1.82, 2.24) is 0 Å². The lowest BCUT2D eigenvalue weighted by molar-refractivity contribution is -0.148. The maximum Gasteiger partial charge on any atom is 0.309 e. The molecule has 0 aliphatic rings. The monoisotopic (exact) mass is 324 g/mol. The van der Waals surface area contributed by atoms with Crippen LogP contribution in [0.4, 0.5) is 0 Å². The number of hydrogen-bond donors (Lipinski definition) is 0. The minimum absolute atomic E-state index is 0.0271. The third kappa shape index (κ3) is 12.4. The smallest absolute Gasteiger partial charge is 0.309 e. The average molecular weight is 324 g/mol. The minimum atomic E-state index is -0.0384. The largest absolute Gasteiger partial charge is 0.466 e. The molecule has 0 rings (SSSR count). The highest BCUT2D eigenvalue weighted by atomic mass is 16.6. The Hall–Kier alpha value is -1.31. The van der Waals surface area contributed by atoms with Gasteiger partial charge in [0.1, 0.15) is 0 Å². The zero-order chi connectivity index (χ0) is 16.5. The molecule has 1 atom stereocenters. The number of ether oxygens (including phenoxy) is 1. The number of unbranched alkanes of at least 4 members (excludes halogenated alkanes) is 2. The molecule has 0 bridgehead atoms. The number of carbonyl (C=O) groups excluding carboxylic acids is 1. The fourth-order valence-electron chi connectivity index (χ4n) is 2.20. The van der Waals surface area contributed by atoms with Crippen LogP contribution in [0.2, 0.25) is 0 Å². The predicted molar refractivity (Wildman–Crippen MR) is 95.8 cm³/mol. The van der Waals surface area contributed by atoms with Gasteiger partial charge in [-0.25, -0.2) is 0 Å². The Kier molecular flexibility index (Phi) is 15.1. The number of allylic oxidation sites excluding steroid dienone is 6. The van der Waals surface area contributed by atoms with E-state index >= 15 is 0 Å². The van der Waals surface area contributed by atoms with E-state index in [1.165, 1.54) is 12.8 Å². The molecule has 0 aliphatic heterocycles. The Morgan fingerprint density at radius 1 is 0.909 bits per heavy atom. The Labute approximate surface area is 137 Å². The van der Waals surface area contributed by atoms with E-state index in [0.29, 0.717) is 6.61 Å². The fraction of sp³-hybridized carbons (Fsp3) is 0.650. The SMILES string of the molecule is CCO[13C](=O)[13CH]([13CH2]/[13CH]=[13CH]\[13CH2]/[13CH]=[13CH]\[13CH2]/[13CH]=[13CH]\[13CH2][13CH3])[13CH2][13CH2][13CH2][13CH2][13CH3]. The summed E-state index contributed by atoms with van der Waals surface area (Å²) in [6.07, 6.45) is 21.2. The van der Waals surface area contributed by atoms with Crippen molar-refractivity contribution in [3.8, 4) is 0 Å². The van der Waals surface area contributed by atoms with Gasteiger partial charge in [0.25, 0.3) is 0 Å². The van der Waals surface area contributed by atoms with Crippen LogP contribution in [-0.2, 0) is 9.53 Å². The summed E-state index contributed by atoms with van der Waals surface area (Å²) in [6, 6.07) is 0. The summed E-state index contributed by atoms with van der Waals surface area (Å²) in [6.45, 7) is 6.67. The summed E-state index contributed by atoms with van der Waals surface area (Å²) in [5, 5.41) is 0. The van der Waals surface area contributed by atoms with Crippen molar-refractivity contribution in [3.63, 3.8) is 0 Å². The van der Waals surface area contributed by atoms with E-state index in [4.69, 9.17) is 4.74 Å². The van der Waals surface area contributed by atoms with E-state index < -0.39 is 0 Å². The molecule has 126 valence electrons. The molecule has 0 aliphatic carbocycles. The van der Waals surface area contributed by atoms with Crippen molar-refractivity contribution in [1.29, 1.82) is 0 Å². The molecule has 0 N–H and O–H groups in total. The Morgan fingerprint density at radius 2 is 1.55 bits per heavy atom. The van der Waals surface area contributed by atoms with Crippen LogP contribution < -0.4 is 0 Å². The molecule has 0 aromatic heterocycles. The van der Waals surface area contributed by atoms with Crippen molar-refractivity contribution in [2.24, 2.45) is 5.92 Å². The van der Waals surface area contributed by atoms with Gasteiger partial charge in [0.2, 0.25) is 0 Å². The molecular formula is C20H34O2. The van der Waals surface area contributed by atoms with Gasteiger partial charge in [-0.15, -0.1) is 0 Å². The van der Waals surface area contributed by atoms with Crippen molar-refractivity contribution in [2.75, 3.05) is 6.61 Å². The van der Waals surface area contributed by atoms with Gasteiger partial charge < -0.3 is 4.74 Å². The van der Waals surface area contributed by atoms with Gasteiger partial charge in [-0.2, -0.15) is 0 Å². The van der Waals surface area contributed by atoms with Gasteiger partial charge in [0.05, 0.1) is 12.5 Å². The van der Waals surface area contributed by atoms with Crippen LogP contribution in [0.3, 0.4) is 0 Å². The van der Waals surface area contributed by atoms with Crippen LogP contribution in [0.25, 0.3) is 0 Å². The first-order chi connectivity index (χ1) is 10.8. The van der Waals surface area contributed by atoms with Crippen molar-refractivity contribution in [2.45, 2.75) is 72.1 Å². The van der Waals surface area contributed by atoms with Gasteiger partial charge in [0.15, 0.2) is 0 Å². The molecule has 0 heterocycles. The molecule has 0 amide bonds. The molecule has 0 saturated heterocycles. The lowest BCUT2D eigenvalue weighted by Crippen LogP contribution is -2.17. The van der Waals surface area contributed by atoms with Gasteiger partial charge in [-0.3, -0.25) is 4.79 Å². The summed E-state index contributed by atoms with van der Waals surface area (Å²) in [4.78, 5) is 11.9. The zero-order valence-corrected chi connectivity index (χ0v) is 14.7.